The van der Waals surface area contributed by atoms with Gasteiger partial charge in [-0.2, -0.15) is 0 Å². The maximum atomic E-state index is 13.7. The van der Waals surface area contributed by atoms with Gasteiger partial charge in [0.05, 0.1) is 13.2 Å². The lowest BCUT2D eigenvalue weighted by Crippen LogP contribution is -2.49. The number of hydrogen-bond donors (Lipinski definition) is 0. The Bertz CT molecular complexity index is 530. The van der Waals surface area contributed by atoms with Crippen molar-refractivity contribution in [1.82, 2.24) is 14.8 Å². The van der Waals surface area contributed by atoms with Crippen LogP contribution in [-0.4, -0.2) is 72.0 Å². The van der Waals surface area contributed by atoms with Gasteiger partial charge in [-0.05, 0) is 12.8 Å². The van der Waals surface area contributed by atoms with E-state index in [-0.39, 0.29) is 36.7 Å². The first kappa shape index (κ1) is 16.3. The standard InChI is InChI=1S/C15H21F2N3O3/c1-22-7-12-6-15(16,17)9-20(12)11-2-4-19(5-3-11)14(21)13-8-23-10-18-13/h8,10-12H,2-7,9H2,1H3/t12-/m0/s1. The number of carbonyl (C=O) groups is 1. The Labute approximate surface area is 133 Å². The highest BCUT2D eigenvalue weighted by Crippen LogP contribution is 2.35. The van der Waals surface area contributed by atoms with Crippen molar-refractivity contribution in [3.63, 3.8) is 0 Å². The number of nitrogens with zero attached hydrogens (tertiary/aromatic N) is 3. The van der Waals surface area contributed by atoms with Gasteiger partial charge in [-0.3, -0.25) is 9.69 Å². The fourth-order valence-corrected chi connectivity index (χ4v) is 3.58. The van der Waals surface area contributed by atoms with Crippen molar-refractivity contribution < 1.29 is 22.7 Å². The van der Waals surface area contributed by atoms with Crippen molar-refractivity contribution >= 4 is 5.91 Å². The largest absolute Gasteiger partial charge is 0.451 e. The third kappa shape index (κ3) is 3.53. The summed E-state index contributed by atoms with van der Waals surface area (Å²) in [6.07, 6.45) is 3.75. The SMILES string of the molecule is COC[C@@H]1CC(F)(F)CN1C1CCN(C(=O)c2cocn2)CC1. The van der Waals surface area contributed by atoms with Crippen LogP contribution < -0.4 is 0 Å². The van der Waals surface area contributed by atoms with Gasteiger partial charge in [0.1, 0.15) is 6.26 Å². The molecule has 2 saturated heterocycles. The molecular formula is C15H21F2N3O3. The number of halogens is 2. The summed E-state index contributed by atoms with van der Waals surface area (Å²) < 4.78 is 37.4. The van der Waals surface area contributed by atoms with Gasteiger partial charge in [0, 0.05) is 38.7 Å². The van der Waals surface area contributed by atoms with Crippen LogP contribution in [0.2, 0.25) is 0 Å². The fraction of sp³-hybridized carbons (Fsp3) is 0.733. The topological polar surface area (TPSA) is 58.8 Å². The molecule has 1 atom stereocenters. The predicted molar refractivity (Wildman–Crippen MR) is 77.4 cm³/mol. The third-order valence-electron chi connectivity index (χ3n) is 4.65. The number of likely N-dealkylation sites (tertiary alicyclic amines) is 2. The first-order valence-electron chi connectivity index (χ1n) is 7.80. The zero-order chi connectivity index (χ0) is 16.4. The third-order valence-corrected chi connectivity index (χ3v) is 4.65. The van der Waals surface area contributed by atoms with Crippen LogP contribution in [0.4, 0.5) is 8.78 Å². The second-order valence-corrected chi connectivity index (χ2v) is 6.24. The second kappa shape index (κ2) is 6.52. The number of oxazole rings is 1. The number of aromatic nitrogens is 1. The summed E-state index contributed by atoms with van der Waals surface area (Å²) >= 11 is 0. The summed E-state index contributed by atoms with van der Waals surface area (Å²) in [5.41, 5.74) is 0.286. The highest BCUT2D eigenvalue weighted by molar-refractivity contribution is 5.91. The van der Waals surface area contributed by atoms with Gasteiger partial charge >= 0.3 is 0 Å². The van der Waals surface area contributed by atoms with Crippen LogP contribution in [0, 0.1) is 0 Å². The summed E-state index contributed by atoms with van der Waals surface area (Å²) in [4.78, 5) is 19.6. The van der Waals surface area contributed by atoms with Gasteiger partial charge in [0.25, 0.3) is 11.8 Å². The average Bonchev–Trinajstić information content (AvgIpc) is 3.15. The zero-order valence-corrected chi connectivity index (χ0v) is 13.1. The van der Waals surface area contributed by atoms with E-state index in [4.69, 9.17) is 9.15 Å². The Morgan fingerprint density at radius 2 is 2.22 bits per heavy atom. The van der Waals surface area contributed by atoms with Crippen LogP contribution in [0.1, 0.15) is 29.8 Å². The van der Waals surface area contributed by atoms with E-state index in [1.54, 1.807) is 4.90 Å². The molecule has 0 aromatic carbocycles. The molecule has 2 aliphatic rings. The molecule has 0 spiro atoms. The van der Waals surface area contributed by atoms with E-state index < -0.39 is 5.92 Å². The first-order valence-corrected chi connectivity index (χ1v) is 7.80. The second-order valence-electron chi connectivity index (χ2n) is 6.24. The molecule has 3 rings (SSSR count). The summed E-state index contributed by atoms with van der Waals surface area (Å²) in [7, 11) is 1.54. The normalized spacial score (nSPS) is 25.9. The first-order chi connectivity index (χ1) is 11.0. The van der Waals surface area contributed by atoms with E-state index in [1.807, 2.05) is 4.90 Å². The van der Waals surface area contributed by atoms with Crippen molar-refractivity contribution in [2.75, 3.05) is 33.4 Å². The van der Waals surface area contributed by atoms with Crippen molar-refractivity contribution in [3.05, 3.63) is 18.4 Å². The average molecular weight is 329 g/mol. The maximum Gasteiger partial charge on any atom is 0.275 e. The number of methoxy groups -OCH3 is 1. The van der Waals surface area contributed by atoms with Crippen LogP contribution >= 0.6 is 0 Å². The molecular weight excluding hydrogens is 308 g/mol. The van der Waals surface area contributed by atoms with Gasteiger partial charge in [-0.1, -0.05) is 0 Å². The lowest BCUT2D eigenvalue weighted by Gasteiger charge is -2.38. The minimum atomic E-state index is -2.66. The molecule has 0 aliphatic carbocycles. The number of piperidine rings is 1. The zero-order valence-electron chi connectivity index (χ0n) is 13.1. The Balaban J connectivity index is 1.59. The lowest BCUT2D eigenvalue weighted by molar-refractivity contribution is 0.00282. The summed E-state index contributed by atoms with van der Waals surface area (Å²) in [5.74, 6) is -2.82. The maximum absolute atomic E-state index is 13.7. The smallest absolute Gasteiger partial charge is 0.275 e. The molecule has 1 amide bonds. The minimum absolute atomic E-state index is 0.0601. The molecule has 1 aromatic rings. The van der Waals surface area contributed by atoms with E-state index in [0.29, 0.717) is 32.5 Å². The Morgan fingerprint density at radius 1 is 1.48 bits per heavy atom. The molecule has 8 heteroatoms. The minimum Gasteiger partial charge on any atom is -0.451 e. The van der Waals surface area contributed by atoms with Crippen molar-refractivity contribution in [2.45, 2.75) is 37.3 Å². The molecule has 0 radical (unpaired) electrons. The molecule has 2 aliphatic heterocycles. The summed E-state index contributed by atoms with van der Waals surface area (Å²) in [5, 5.41) is 0. The molecule has 3 heterocycles. The van der Waals surface area contributed by atoms with E-state index in [9.17, 15) is 13.6 Å². The highest BCUT2D eigenvalue weighted by atomic mass is 19.3. The van der Waals surface area contributed by atoms with Crippen molar-refractivity contribution in [2.24, 2.45) is 0 Å². The quantitative estimate of drug-likeness (QED) is 0.840. The van der Waals surface area contributed by atoms with Crippen LogP contribution in [0.15, 0.2) is 17.1 Å². The van der Waals surface area contributed by atoms with Gasteiger partial charge in [-0.15, -0.1) is 0 Å². The lowest BCUT2D eigenvalue weighted by atomic mass is 10.0. The van der Waals surface area contributed by atoms with E-state index >= 15 is 0 Å². The molecule has 6 nitrogen and oxygen atoms in total. The molecule has 23 heavy (non-hydrogen) atoms. The van der Waals surface area contributed by atoms with Crippen LogP contribution in [0.25, 0.3) is 0 Å². The number of amides is 1. The van der Waals surface area contributed by atoms with Crippen LogP contribution in [0.3, 0.4) is 0 Å². The molecule has 2 fully saturated rings. The fourth-order valence-electron chi connectivity index (χ4n) is 3.58. The number of alkyl halides is 2. The number of rotatable bonds is 4. The molecule has 128 valence electrons. The summed E-state index contributed by atoms with van der Waals surface area (Å²) in [6, 6.07) is -0.192. The van der Waals surface area contributed by atoms with Crippen molar-refractivity contribution in [3.8, 4) is 0 Å². The Kier molecular flexibility index (Phi) is 4.63. The highest BCUT2D eigenvalue weighted by Gasteiger charge is 2.47. The van der Waals surface area contributed by atoms with Crippen LogP contribution in [0.5, 0.6) is 0 Å². The number of ether oxygens (including phenoxy) is 1. The molecule has 0 unspecified atom stereocenters. The summed E-state index contributed by atoms with van der Waals surface area (Å²) in [6.45, 7) is 1.17. The molecule has 0 bridgehead atoms. The molecule has 1 aromatic heterocycles. The monoisotopic (exact) mass is 329 g/mol. The Morgan fingerprint density at radius 3 is 2.83 bits per heavy atom. The Hall–Kier alpha value is -1.54. The molecule has 0 saturated carbocycles. The van der Waals surface area contributed by atoms with E-state index in [0.717, 1.165) is 0 Å². The predicted octanol–water partition coefficient (Wildman–Crippen LogP) is 1.64. The van der Waals surface area contributed by atoms with Gasteiger partial charge in [0.15, 0.2) is 12.1 Å². The number of carbonyl (C=O) groups excluding carboxylic acids is 1. The van der Waals surface area contributed by atoms with E-state index in [1.165, 1.54) is 19.8 Å². The van der Waals surface area contributed by atoms with Gasteiger partial charge < -0.3 is 14.1 Å². The van der Waals surface area contributed by atoms with Crippen LogP contribution in [-0.2, 0) is 4.74 Å². The van der Waals surface area contributed by atoms with E-state index in [2.05, 4.69) is 4.98 Å². The van der Waals surface area contributed by atoms with Crippen molar-refractivity contribution in [1.29, 1.82) is 0 Å². The van der Waals surface area contributed by atoms with Gasteiger partial charge in [-0.25, -0.2) is 13.8 Å². The van der Waals surface area contributed by atoms with Gasteiger partial charge in [0.2, 0.25) is 0 Å². The number of hydrogen-bond acceptors (Lipinski definition) is 5. The molecule has 0 N–H and O–H groups in total.